The zero-order valence-corrected chi connectivity index (χ0v) is 11.5. The van der Waals surface area contributed by atoms with Crippen LogP contribution in [0.5, 0.6) is 0 Å². The van der Waals surface area contributed by atoms with Crippen LogP contribution in [0.15, 0.2) is 22.7 Å². The first-order chi connectivity index (χ1) is 6.02. The lowest BCUT2D eigenvalue weighted by Gasteiger charge is -2.17. The summed E-state index contributed by atoms with van der Waals surface area (Å²) >= 11 is 5.78. The van der Waals surface area contributed by atoms with Crippen molar-refractivity contribution < 1.29 is 0 Å². The molecule has 2 N–H and O–H groups in total. The number of hydrogen-bond donors (Lipinski definition) is 1. The number of rotatable bonds is 2. The largest absolute Gasteiger partial charge is 0.324 e. The maximum Gasteiger partial charge on any atom is 0.0329 e. The fourth-order valence-electron chi connectivity index (χ4n) is 1.13. The lowest BCUT2D eigenvalue weighted by Crippen LogP contribution is -2.17. The Labute approximate surface area is 101 Å². The molecule has 1 atom stereocenters. The van der Waals surface area contributed by atoms with Gasteiger partial charge in [0.1, 0.15) is 0 Å². The van der Waals surface area contributed by atoms with Crippen molar-refractivity contribution in [1.82, 2.24) is 0 Å². The van der Waals surface area contributed by atoms with Crippen LogP contribution in [-0.2, 0) is 0 Å². The van der Waals surface area contributed by atoms with Crippen molar-refractivity contribution in [2.75, 3.05) is 0 Å². The van der Waals surface area contributed by atoms with Gasteiger partial charge in [-0.15, -0.1) is 0 Å². The smallest absolute Gasteiger partial charge is 0.0329 e. The van der Waals surface area contributed by atoms with Crippen molar-refractivity contribution >= 4 is 38.5 Å². The molecule has 1 unspecified atom stereocenters. The molecular formula is C10H13BrIN. The molecule has 0 spiro atoms. The van der Waals surface area contributed by atoms with Crippen molar-refractivity contribution in [3.05, 3.63) is 31.8 Å². The highest BCUT2D eigenvalue weighted by atomic mass is 127. The van der Waals surface area contributed by atoms with Gasteiger partial charge in [-0.05, 0) is 52.3 Å². The van der Waals surface area contributed by atoms with Gasteiger partial charge in [0.15, 0.2) is 0 Å². The van der Waals surface area contributed by atoms with Gasteiger partial charge in [0.2, 0.25) is 0 Å². The van der Waals surface area contributed by atoms with Gasteiger partial charge in [-0.1, -0.05) is 29.8 Å². The summed E-state index contributed by atoms with van der Waals surface area (Å²) in [7, 11) is 0. The van der Waals surface area contributed by atoms with Crippen molar-refractivity contribution in [2.45, 2.75) is 19.9 Å². The Balaban J connectivity index is 3.05. The Morgan fingerprint density at radius 3 is 2.54 bits per heavy atom. The number of benzene rings is 1. The van der Waals surface area contributed by atoms with Crippen LogP contribution in [-0.4, -0.2) is 0 Å². The van der Waals surface area contributed by atoms with Crippen LogP contribution in [0.25, 0.3) is 0 Å². The van der Waals surface area contributed by atoms with Gasteiger partial charge in [0.25, 0.3) is 0 Å². The Kier molecular flexibility index (Phi) is 4.19. The molecule has 0 aliphatic heterocycles. The van der Waals surface area contributed by atoms with E-state index in [2.05, 4.69) is 64.5 Å². The lowest BCUT2D eigenvalue weighted by atomic mass is 9.97. The second-order valence-corrected chi connectivity index (χ2v) is 5.51. The van der Waals surface area contributed by atoms with Crippen LogP contribution in [0.1, 0.15) is 25.5 Å². The molecule has 72 valence electrons. The van der Waals surface area contributed by atoms with Crippen molar-refractivity contribution in [2.24, 2.45) is 11.7 Å². The van der Waals surface area contributed by atoms with Gasteiger partial charge in [-0.25, -0.2) is 0 Å². The third kappa shape index (κ3) is 2.92. The normalized spacial score (nSPS) is 13.4. The molecule has 0 aliphatic rings. The summed E-state index contributed by atoms with van der Waals surface area (Å²) in [6.45, 7) is 4.28. The molecule has 0 radical (unpaired) electrons. The third-order valence-electron chi connectivity index (χ3n) is 2.04. The highest BCUT2D eigenvalue weighted by molar-refractivity contribution is 14.1. The molecule has 0 fully saturated rings. The second-order valence-electron chi connectivity index (χ2n) is 3.44. The van der Waals surface area contributed by atoms with Crippen LogP contribution >= 0.6 is 38.5 Å². The van der Waals surface area contributed by atoms with E-state index in [-0.39, 0.29) is 6.04 Å². The molecule has 1 aromatic rings. The zero-order chi connectivity index (χ0) is 10.0. The van der Waals surface area contributed by atoms with Crippen LogP contribution in [0, 0.1) is 9.49 Å². The van der Waals surface area contributed by atoms with E-state index >= 15 is 0 Å². The van der Waals surface area contributed by atoms with Crippen molar-refractivity contribution in [3.8, 4) is 0 Å². The molecule has 0 bridgehead atoms. The summed E-state index contributed by atoms with van der Waals surface area (Å²) in [5.74, 6) is 0.475. The average molecular weight is 354 g/mol. The summed E-state index contributed by atoms with van der Waals surface area (Å²) in [5, 5.41) is 0. The molecule has 3 heteroatoms. The fourth-order valence-corrected chi connectivity index (χ4v) is 2.20. The van der Waals surface area contributed by atoms with Crippen molar-refractivity contribution in [3.63, 3.8) is 0 Å². The predicted octanol–water partition coefficient (Wildman–Crippen LogP) is 3.71. The van der Waals surface area contributed by atoms with Gasteiger partial charge < -0.3 is 5.73 Å². The molecule has 1 rings (SSSR count). The van der Waals surface area contributed by atoms with E-state index in [1.165, 1.54) is 9.13 Å². The summed E-state index contributed by atoms with van der Waals surface area (Å²) in [6.07, 6.45) is 0. The van der Waals surface area contributed by atoms with E-state index in [1.807, 2.05) is 6.07 Å². The Hall–Kier alpha value is 0.390. The van der Waals surface area contributed by atoms with E-state index in [0.717, 1.165) is 4.47 Å². The minimum atomic E-state index is 0.129. The van der Waals surface area contributed by atoms with Crippen LogP contribution in [0.4, 0.5) is 0 Å². The molecule has 0 saturated heterocycles. The summed E-state index contributed by atoms with van der Waals surface area (Å²) in [6, 6.07) is 6.36. The third-order valence-corrected chi connectivity index (χ3v) is 3.51. The summed E-state index contributed by atoms with van der Waals surface area (Å²) in [5.41, 5.74) is 7.31. The molecule has 13 heavy (non-hydrogen) atoms. The molecule has 0 saturated carbocycles. The van der Waals surface area contributed by atoms with Crippen LogP contribution in [0.3, 0.4) is 0 Å². The average Bonchev–Trinajstić information content (AvgIpc) is 2.08. The lowest BCUT2D eigenvalue weighted by molar-refractivity contribution is 0.512. The maximum atomic E-state index is 6.08. The standard InChI is InChI=1S/C10H13BrIN/c1-6(2)10(13)8-5-7(11)3-4-9(8)12/h3-6,10H,13H2,1-2H3. The summed E-state index contributed by atoms with van der Waals surface area (Å²) in [4.78, 5) is 0. The van der Waals surface area contributed by atoms with Crippen LogP contribution in [0.2, 0.25) is 0 Å². The van der Waals surface area contributed by atoms with Gasteiger partial charge in [-0.3, -0.25) is 0 Å². The molecule has 0 amide bonds. The highest BCUT2D eigenvalue weighted by Crippen LogP contribution is 2.26. The predicted molar refractivity (Wildman–Crippen MR) is 68.6 cm³/mol. The number of nitrogens with two attached hydrogens (primary N) is 1. The Bertz CT molecular complexity index is 299. The van der Waals surface area contributed by atoms with E-state index in [0.29, 0.717) is 5.92 Å². The molecule has 0 heterocycles. The SMILES string of the molecule is CC(C)C(N)c1cc(Br)ccc1I. The molecule has 1 nitrogen and oxygen atoms in total. The zero-order valence-electron chi connectivity index (χ0n) is 7.72. The highest BCUT2D eigenvalue weighted by Gasteiger charge is 2.13. The first-order valence-electron chi connectivity index (χ1n) is 4.23. The second kappa shape index (κ2) is 4.75. The van der Waals surface area contributed by atoms with Crippen molar-refractivity contribution in [1.29, 1.82) is 0 Å². The monoisotopic (exact) mass is 353 g/mol. The van der Waals surface area contributed by atoms with E-state index in [4.69, 9.17) is 5.73 Å². The van der Waals surface area contributed by atoms with Gasteiger partial charge in [0, 0.05) is 14.1 Å². The van der Waals surface area contributed by atoms with Gasteiger partial charge >= 0.3 is 0 Å². The van der Waals surface area contributed by atoms with E-state index in [1.54, 1.807) is 0 Å². The number of halogens is 2. The first-order valence-corrected chi connectivity index (χ1v) is 6.10. The summed E-state index contributed by atoms with van der Waals surface area (Å²) < 4.78 is 2.33. The first kappa shape index (κ1) is 11.5. The topological polar surface area (TPSA) is 26.0 Å². The minimum Gasteiger partial charge on any atom is -0.324 e. The molecule has 1 aromatic carbocycles. The van der Waals surface area contributed by atoms with Gasteiger partial charge in [-0.2, -0.15) is 0 Å². The van der Waals surface area contributed by atoms with Gasteiger partial charge in [0.05, 0.1) is 0 Å². The van der Waals surface area contributed by atoms with E-state index < -0.39 is 0 Å². The fraction of sp³-hybridized carbons (Fsp3) is 0.400. The Morgan fingerprint density at radius 2 is 2.00 bits per heavy atom. The minimum absolute atomic E-state index is 0.129. The molecular weight excluding hydrogens is 341 g/mol. The molecule has 0 aliphatic carbocycles. The maximum absolute atomic E-state index is 6.08. The molecule has 0 aromatic heterocycles. The quantitative estimate of drug-likeness (QED) is 0.806. The Morgan fingerprint density at radius 1 is 1.38 bits per heavy atom. The van der Waals surface area contributed by atoms with Crippen LogP contribution < -0.4 is 5.73 Å². The number of hydrogen-bond acceptors (Lipinski definition) is 1. The van der Waals surface area contributed by atoms with E-state index in [9.17, 15) is 0 Å².